The molecule has 174 valence electrons. The normalized spacial score (nSPS) is 12.0. The van der Waals surface area contributed by atoms with Crippen molar-refractivity contribution in [3.63, 3.8) is 0 Å². The largest absolute Gasteiger partial charge is 0.342 e. The molecule has 0 fully saturated rings. The Morgan fingerprint density at radius 3 is 2.39 bits per heavy atom. The Balaban J connectivity index is 1.35. The quantitative estimate of drug-likeness (QED) is 0.281. The summed E-state index contributed by atoms with van der Waals surface area (Å²) in [5.41, 5.74) is 8.51. The van der Waals surface area contributed by atoms with E-state index in [0.717, 1.165) is 77.9 Å². The van der Waals surface area contributed by atoms with Crippen LogP contribution in [0.3, 0.4) is 0 Å². The summed E-state index contributed by atoms with van der Waals surface area (Å²) in [5, 5.41) is 3.20. The van der Waals surface area contributed by atoms with Crippen LogP contribution in [0.5, 0.6) is 0 Å². The second kappa shape index (κ2) is 7.68. The fourth-order valence-electron chi connectivity index (χ4n) is 4.91. The average molecular weight is 470 g/mol. The Kier molecular flexibility index (Phi) is 4.42. The minimum atomic E-state index is 0.363. The minimum Gasteiger partial charge on any atom is -0.342 e. The van der Waals surface area contributed by atoms with Crippen molar-refractivity contribution in [2.75, 3.05) is 0 Å². The maximum Gasteiger partial charge on any atom is 0.117 e. The summed E-state index contributed by atoms with van der Waals surface area (Å²) >= 11 is 0. The van der Waals surface area contributed by atoms with Crippen LogP contribution in [0, 0.1) is 6.92 Å². The van der Waals surface area contributed by atoms with Crippen LogP contribution in [0.4, 0.5) is 0 Å². The summed E-state index contributed by atoms with van der Waals surface area (Å²) in [5.74, 6) is 2.22. The van der Waals surface area contributed by atoms with E-state index in [1.807, 2.05) is 13.1 Å². The molecule has 0 aliphatic rings. The molecule has 0 aliphatic carbocycles. The van der Waals surface area contributed by atoms with E-state index >= 15 is 0 Å². The van der Waals surface area contributed by atoms with Gasteiger partial charge < -0.3 is 9.97 Å². The van der Waals surface area contributed by atoms with Gasteiger partial charge in [-0.15, -0.1) is 0 Å². The van der Waals surface area contributed by atoms with Crippen molar-refractivity contribution in [3.8, 4) is 22.5 Å². The van der Waals surface area contributed by atoms with Gasteiger partial charge in [0.25, 0.3) is 0 Å². The number of nitrogens with zero attached hydrogens (tertiary/aromatic N) is 5. The number of hydrogen-bond donors (Lipinski definition) is 2. The molecule has 4 aromatic heterocycles. The molecule has 2 N–H and O–H groups in total. The monoisotopic (exact) mass is 469 g/mol. The number of nitrogens with one attached hydrogen (secondary N) is 2. The van der Waals surface area contributed by atoms with E-state index in [0.29, 0.717) is 5.92 Å². The molecule has 0 atom stereocenters. The summed E-state index contributed by atoms with van der Waals surface area (Å²) in [6, 6.07) is 16.9. The Hall–Kier alpha value is -4.65. The molecule has 36 heavy (non-hydrogen) atoms. The topological polar surface area (TPSA) is 96.0 Å². The van der Waals surface area contributed by atoms with Gasteiger partial charge in [0.2, 0.25) is 0 Å². The highest BCUT2D eigenvalue weighted by Gasteiger charge is 2.15. The third-order valence-electron chi connectivity index (χ3n) is 6.73. The lowest BCUT2D eigenvalue weighted by molar-refractivity contribution is 0.795. The molecule has 0 saturated carbocycles. The Labute approximate surface area is 206 Å². The van der Waals surface area contributed by atoms with Gasteiger partial charge in [0.1, 0.15) is 22.7 Å². The third-order valence-corrected chi connectivity index (χ3v) is 6.73. The molecule has 0 saturated heterocycles. The molecule has 7 nitrogen and oxygen atoms in total. The lowest BCUT2D eigenvalue weighted by Gasteiger charge is -2.09. The molecule has 7 heteroatoms. The minimum absolute atomic E-state index is 0.363. The first-order chi connectivity index (χ1) is 17.5. The predicted octanol–water partition coefficient (Wildman–Crippen LogP) is 6.70. The van der Waals surface area contributed by atoms with Crippen LogP contribution in [0.2, 0.25) is 0 Å². The molecular formula is C29H23N7. The maximum absolute atomic E-state index is 4.98. The molecule has 0 unspecified atom stereocenters. The van der Waals surface area contributed by atoms with Crippen LogP contribution in [0.15, 0.2) is 67.1 Å². The average Bonchev–Trinajstić information content (AvgIpc) is 3.55. The molecule has 7 rings (SSSR count). The SMILES string of the molecule is Cc1nc2c3nccnc3c3cc(-c4ccc5cc(-c6cnc(C(C)C)[nH]6)ccc5n4)ccc3c2[nH]1. The first-order valence-electron chi connectivity index (χ1n) is 12.0. The molecular weight excluding hydrogens is 446 g/mol. The number of H-pyrrole nitrogens is 2. The highest BCUT2D eigenvalue weighted by molar-refractivity contribution is 6.21. The molecule has 0 aliphatic heterocycles. The van der Waals surface area contributed by atoms with Crippen molar-refractivity contribution in [2.24, 2.45) is 0 Å². The zero-order chi connectivity index (χ0) is 24.4. The van der Waals surface area contributed by atoms with Crippen molar-refractivity contribution < 1.29 is 0 Å². The van der Waals surface area contributed by atoms with E-state index in [1.165, 1.54) is 0 Å². The first kappa shape index (κ1) is 20.7. The third kappa shape index (κ3) is 3.16. The van der Waals surface area contributed by atoms with Crippen LogP contribution >= 0.6 is 0 Å². The molecule has 3 aromatic carbocycles. The van der Waals surface area contributed by atoms with E-state index in [4.69, 9.17) is 4.98 Å². The standard InChI is InChI=1S/C29H23N7/c1-15(2)29-32-14-24(36-29)18-6-9-22-17(12-18)5-8-23(35-22)19-4-7-20-21(13-19)25-27(31-11-10-30-25)28-26(20)33-16(3)34-28/h4-15H,1-3H3,(H,32,36)(H,33,34). The summed E-state index contributed by atoms with van der Waals surface area (Å²) in [4.78, 5) is 30.2. The summed E-state index contributed by atoms with van der Waals surface area (Å²) in [7, 11) is 0. The number of hydrogen-bond acceptors (Lipinski definition) is 5. The molecule has 0 spiro atoms. The van der Waals surface area contributed by atoms with E-state index in [-0.39, 0.29) is 0 Å². The molecule has 4 heterocycles. The molecule has 0 radical (unpaired) electrons. The van der Waals surface area contributed by atoms with Gasteiger partial charge in [-0.05, 0) is 31.2 Å². The maximum atomic E-state index is 4.98. The summed E-state index contributed by atoms with van der Waals surface area (Å²) in [6.07, 6.45) is 5.35. The van der Waals surface area contributed by atoms with Crippen LogP contribution in [-0.4, -0.2) is 34.9 Å². The van der Waals surface area contributed by atoms with E-state index < -0.39 is 0 Å². The summed E-state index contributed by atoms with van der Waals surface area (Å²) in [6.45, 7) is 6.23. The Bertz CT molecular complexity index is 1940. The number of aryl methyl sites for hydroxylation is 1. The molecule has 0 amide bonds. The van der Waals surface area contributed by atoms with Gasteiger partial charge in [0, 0.05) is 45.6 Å². The lowest BCUT2D eigenvalue weighted by Crippen LogP contribution is -1.90. The van der Waals surface area contributed by atoms with Gasteiger partial charge in [-0.3, -0.25) is 9.97 Å². The number of rotatable bonds is 3. The van der Waals surface area contributed by atoms with Crippen LogP contribution in [-0.2, 0) is 0 Å². The number of aromatic amines is 2. The van der Waals surface area contributed by atoms with Gasteiger partial charge in [-0.25, -0.2) is 15.0 Å². The van der Waals surface area contributed by atoms with Crippen LogP contribution in [0.25, 0.3) is 66.3 Å². The number of aromatic nitrogens is 7. The van der Waals surface area contributed by atoms with Crippen molar-refractivity contribution in [3.05, 3.63) is 78.8 Å². The van der Waals surface area contributed by atoms with Gasteiger partial charge in [-0.1, -0.05) is 38.1 Å². The number of imidazole rings is 2. The van der Waals surface area contributed by atoms with E-state index in [2.05, 4.69) is 92.3 Å². The Morgan fingerprint density at radius 2 is 1.56 bits per heavy atom. The zero-order valence-electron chi connectivity index (χ0n) is 20.2. The number of benzene rings is 3. The number of pyridine rings is 1. The molecule has 7 aromatic rings. The second-order valence-electron chi connectivity index (χ2n) is 9.50. The van der Waals surface area contributed by atoms with Crippen molar-refractivity contribution in [2.45, 2.75) is 26.7 Å². The van der Waals surface area contributed by atoms with Gasteiger partial charge in [0.05, 0.1) is 34.1 Å². The van der Waals surface area contributed by atoms with Crippen molar-refractivity contribution in [1.82, 2.24) is 34.9 Å². The summed E-state index contributed by atoms with van der Waals surface area (Å²) < 4.78 is 0. The smallest absolute Gasteiger partial charge is 0.117 e. The van der Waals surface area contributed by atoms with Crippen LogP contribution < -0.4 is 0 Å². The van der Waals surface area contributed by atoms with Crippen molar-refractivity contribution in [1.29, 1.82) is 0 Å². The van der Waals surface area contributed by atoms with Gasteiger partial charge >= 0.3 is 0 Å². The fraction of sp³-hybridized carbons (Fsp3) is 0.138. The molecule has 0 bridgehead atoms. The first-order valence-corrected chi connectivity index (χ1v) is 12.0. The van der Waals surface area contributed by atoms with Crippen LogP contribution in [0.1, 0.15) is 31.4 Å². The fourth-order valence-corrected chi connectivity index (χ4v) is 4.91. The van der Waals surface area contributed by atoms with E-state index in [9.17, 15) is 0 Å². The lowest BCUT2D eigenvalue weighted by atomic mass is 10.0. The highest BCUT2D eigenvalue weighted by atomic mass is 14.9. The predicted molar refractivity (Wildman–Crippen MR) is 144 cm³/mol. The van der Waals surface area contributed by atoms with E-state index in [1.54, 1.807) is 12.4 Å². The Morgan fingerprint density at radius 1 is 0.722 bits per heavy atom. The van der Waals surface area contributed by atoms with Gasteiger partial charge in [-0.2, -0.15) is 0 Å². The zero-order valence-corrected chi connectivity index (χ0v) is 20.2. The number of fused-ring (bicyclic) bond motifs is 7. The van der Waals surface area contributed by atoms with Crippen molar-refractivity contribution >= 4 is 43.7 Å². The second-order valence-corrected chi connectivity index (χ2v) is 9.50. The van der Waals surface area contributed by atoms with Gasteiger partial charge in [0.15, 0.2) is 0 Å². The highest BCUT2D eigenvalue weighted by Crippen LogP contribution is 2.34.